The fraction of sp³-hybridized carbons (Fsp3) is 0.381. The van der Waals surface area contributed by atoms with Gasteiger partial charge < -0.3 is 20.1 Å². The Morgan fingerprint density at radius 2 is 1.77 bits per heavy atom. The van der Waals surface area contributed by atoms with Crippen LogP contribution in [0, 0.1) is 5.92 Å². The van der Waals surface area contributed by atoms with Crippen LogP contribution in [0.3, 0.4) is 0 Å². The van der Waals surface area contributed by atoms with Crippen LogP contribution in [0.25, 0.3) is 0 Å². The second kappa shape index (κ2) is 10.3. The van der Waals surface area contributed by atoms with Crippen molar-refractivity contribution >= 4 is 17.3 Å². The molecule has 0 saturated carbocycles. The van der Waals surface area contributed by atoms with Gasteiger partial charge in [0.05, 0.1) is 19.8 Å². The van der Waals surface area contributed by atoms with Crippen LogP contribution in [-0.4, -0.2) is 25.7 Å². The van der Waals surface area contributed by atoms with Crippen LogP contribution in [0.4, 0.5) is 11.4 Å². The SMILES string of the molecule is CCCOc1ccc(NC(=O)CNc2cccc(OCC(C)C)c2)cc1. The third kappa shape index (κ3) is 7.05. The first-order valence-electron chi connectivity index (χ1n) is 9.06. The summed E-state index contributed by atoms with van der Waals surface area (Å²) in [4.78, 5) is 12.1. The lowest BCUT2D eigenvalue weighted by Crippen LogP contribution is -2.21. The van der Waals surface area contributed by atoms with E-state index in [0.717, 1.165) is 29.3 Å². The lowest BCUT2D eigenvalue weighted by molar-refractivity contribution is -0.114. The molecule has 0 aromatic heterocycles. The molecule has 0 fully saturated rings. The molecule has 5 heteroatoms. The average Bonchev–Trinajstić information content (AvgIpc) is 2.64. The number of carbonyl (C=O) groups is 1. The minimum atomic E-state index is -0.110. The molecule has 0 aliphatic rings. The van der Waals surface area contributed by atoms with Gasteiger partial charge in [-0.05, 0) is 48.7 Å². The Labute approximate surface area is 155 Å². The van der Waals surface area contributed by atoms with E-state index in [-0.39, 0.29) is 12.5 Å². The second-order valence-corrected chi connectivity index (χ2v) is 6.51. The molecule has 140 valence electrons. The van der Waals surface area contributed by atoms with Gasteiger partial charge in [0.15, 0.2) is 0 Å². The highest BCUT2D eigenvalue weighted by atomic mass is 16.5. The zero-order chi connectivity index (χ0) is 18.8. The zero-order valence-corrected chi connectivity index (χ0v) is 15.7. The van der Waals surface area contributed by atoms with E-state index in [0.29, 0.717) is 19.1 Å². The highest BCUT2D eigenvalue weighted by molar-refractivity contribution is 5.93. The van der Waals surface area contributed by atoms with Gasteiger partial charge in [-0.15, -0.1) is 0 Å². The Bertz CT molecular complexity index is 684. The van der Waals surface area contributed by atoms with Gasteiger partial charge in [0, 0.05) is 17.4 Å². The Balaban J connectivity index is 1.80. The Morgan fingerprint density at radius 1 is 1.00 bits per heavy atom. The van der Waals surface area contributed by atoms with Crippen molar-refractivity contribution < 1.29 is 14.3 Å². The van der Waals surface area contributed by atoms with E-state index in [1.54, 1.807) is 0 Å². The summed E-state index contributed by atoms with van der Waals surface area (Å²) in [5.41, 5.74) is 1.60. The number of hydrogen-bond acceptors (Lipinski definition) is 4. The molecule has 0 aliphatic carbocycles. The molecule has 0 heterocycles. The molecule has 2 aromatic carbocycles. The standard InChI is InChI=1S/C21H28N2O3/c1-4-12-25-19-10-8-17(9-11-19)23-21(24)14-22-18-6-5-7-20(13-18)26-15-16(2)3/h5-11,13,16,22H,4,12,14-15H2,1-3H3,(H,23,24). The van der Waals surface area contributed by atoms with E-state index in [2.05, 4.69) is 31.4 Å². The Kier molecular flexibility index (Phi) is 7.80. The van der Waals surface area contributed by atoms with Gasteiger partial charge in [0.2, 0.25) is 5.91 Å². The maximum absolute atomic E-state index is 12.1. The van der Waals surface area contributed by atoms with Crippen molar-refractivity contribution in [1.82, 2.24) is 0 Å². The van der Waals surface area contributed by atoms with E-state index in [9.17, 15) is 4.79 Å². The summed E-state index contributed by atoms with van der Waals surface area (Å²) in [5.74, 6) is 1.96. The first-order valence-corrected chi connectivity index (χ1v) is 9.06. The van der Waals surface area contributed by atoms with Crippen molar-refractivity contribution in [3.8, 4) is 11.5 Å². The zero-order valence-electron chi connectivity index (χ0n) is 15.7. The number of hydrogen-bond donors (Lipinski definition) is 2. The molecule has 0 spiro atoms. The summed E-state index contributed by atoms with van der Waals surface area (Å²) in [6, 6.07) is 15.0. The predicted molar refractivity (Wildman–Crippen MR) is 106 cm³/mol. The summed E-state index contributed by atoms with van der Waals surface area (Å²) < 4.78 is 11.2. The normalized spacial score (nSPS) is 10.5. The monoisotopic (exact) mass is 356 g/mol. The van der Waals surface area contributed by atoms with Crippen molar-refractivity contribution in [2.75, 3.05) is 30.4 Å². The van der Waals surface area contributed by atoms with Crippen LogP contribution in [-0.2, 0) is 4.79 Å². The topological polar surface area (TPSA) is 59.6 Å². The summed E-state index contributed by atoms with van der Waals surface area (Å²) >= 11 is 0. The van der Waals surface area contributed by atoms with Crippen LogP contribution in [0.15, 0.2) is 48.5 Å². The fourth-order valence-electron chi connectivity index (χ4n) is 2.20. The summed E-state index contributed by atoms with van der Waals surface area (Å²) in [7, 11) is 0. The number of rotatable bonds is 10. The number of carbonyl (C=O) groups excluding carboxylic acids is 1. The van der Waals surface area contributed by atoms with Crippen LogP contribution < -0.4 is 20.1 Å². The van der Waals surface area contributed by atoms with Crippen LogP contribution >= 0.6 is 0 Å². The number of ether oxygens (including phenoxy) is 2. The lowest BCUT2D eigenvalue weighted by Gasteiger charge is -2.11. The van der Waals surface area contributed by atoms with Gasteiger partial charge in [-0.2, -0.15) is 0 Å². The van der Waals surface area contributed by atoms with Crippen molar-refractivity contribution in [3.63, 3.8) is 0 Å². The number of nitrogens with one attached hydrogen (secondary N) is 2. The second-order valence-electron chi connectivity index (χ2n) is 6.51. The van der Waals surface area contributed by atoms with E-state index < -0.39 is 0 Å². The van der Waals surface area contributed by atoms with Crippen molar-refractivity contribution in [3.05, 3.63) is 48.5 Å². The molecular formula is C21H28N2O3. The van der Waals surface area contributed by atoms with Gasteiger partial charge in [0.1, 0.15) is 11.5 Å². The average molecular weight is 356 g/mol. The van der Waals surface area contributed by atoms with Crippen LogP contribution in [0.1, 0.15) is 27.2 Å². The smallest absolute Gasteiger partial charge is 0.243 e. The molecule has 0 unspecified atom stereocenters. The molecule has 1 amide bonds. The molecule has 0 radical (unpaired) electrons. The van der Waals surface area contributed by atoms with Crippen LogP contribution in [0.2, 0.25) is 0 Å². The van der Waals surface area contributed by atoms with E-state index in [1.165, 1.54) is 0 Å². The van der Waals surface area contributed by atoms with Gasteiger partial charge in [-0.25, -0.2) is 0 Å². The lowest BCUT2D eigenvalue weighted by atomic mass is 10.2. The summed E-state index contributed by atoms with van der Waals surface area (Å²) in [5, 5.41) is 5.98. The summed E-state index contributed by atoms with van der Waals surface area (Å²) in [6.07, 6.45) is 0.966. The summed E-state index contributed by atoms with van der Waals surface area (Å²) in [6.45, 7) is 7.82. The maximum Gasteiger partial charge on any atom is 0.243 e. The van der Waals surface area contributed by atoms with Gasteiger partial charge in [0.25, 0.3) is 0 Å². The first-order chi connectivity index (χ1) is 12.6. The molecule has 2 rings (SSSR count). The minimum absolute atomic E-state index is 0.110. The van der Waals surface area contributed by atoms with Crippen molar-refractivity contribution in [2.24, 2.45) is 5.92 Å². The van der Waals surface area contributed by atoms with Gasteiger partial charge in [-0.3, -0.25) is 4.79 Å². The van der Waals surface area contributed by atoms with Gasteiger partial charge >= 0.3 is 0 Å². The predicted octanol–water partition coefficient (Wildman–Crippen LogP) is 4.56. The van der Waals surface area contributed by atoms with E-state index in [1.807, 2.05) is 48.5 Å². The van der Waals surface area contributed by atoms with E-state index in [4.69, 9.17) is 9.47 Å². The number of benzene rings is 2. The fourth-order valence-corrected chi connectivity index (χ4v) is 2.20. The molecule has 0 aliphatic heterocycles. The molecule has 2 aromatic rings. The third-order valence-corrected chi connectivity index (χ3v) is 3.48. The largest absolute Gasteiger partial charge is 0.494 e. The maximum atomic E-state index is 12.1. The van der Waals surface area contributed by atoms with E-state index >= 15 is 0 Å². The van der Waals surface area contributed by atoms with Crippen molar-refractivity contribution in [1.29, 1.82) is 0 Å². The highest BCUT2D eigenvalue weighted by Crippen LogP contribution is 2.18. The van der Waals surface area contributed by atoms with Crippen molar-refractivity contribution in [2.45, 2.75) is 27.2 Å². The Hall–Kier alpha value is -2.69. The molecule has 0 saturated heterocycles. The molecule has 2 N–H and O–H groups in total. The molecular weight excluding hydrogens is 328 g/mol. The Morgan fingerprint density at radius 3 is 2.46 bits per heavy atom. The first kappa shape index (κ1) is 19.6. The molecule has 5 nitrogen and oxygen atoms in total. The minimum Gasteiger partial charge on any atom is -0.494 e. The quantitative estimate of drug-likeness (QED) is 0.655. The number of amides is 1. The molecule has 26 heavy (non-hydrogen) atoms. The highest BCUT2D eigenvalue weighted by Gasteiger charge is 2.04. The molecule has 0 atom stereocenters. The third-order valence-electron chi connectivity index (χ3n) is 3.48. The van der Waals surface area contributed by atoms with Crippen LogP contribution in [0.5, 0.6) is 11.5 Å². The van der Waals surface area contributed by atoms with Gasteiger partial charge in [-0.1, -0.05) is 26.8 Å². The molecule has 0 bridgehead atoms. The number of anilines is 2.